The molecule has 2 aromatic heterocycles. The van der Waals surface area contributed by atoms with E-state index in [0.29, 0.717) is 41.8 Å². The second-order valence-corrected chi connectivity index (χ2v) is 7.13. The van der Waals surface area contributed by atoms with E-state index in [9.17, 15) is 14.7 Å². The number of aromatic hydroxyl groups is 1. The molecule has 0 fully saturated rings. The Hall–Kier alpha value is -3.20. The number of benzene rings is 1. The molecule has 138 valence electrons. The molecule has 0 saturated heterocycles. The number of carbonyl (C=O) groups is 2. The minimum Gasteiger partial charge on any atom is -0.506 e. The molecule has 0 saturated carbocycles. The molecule has 2 amide bonds. The number of phenols is 1. The van der Waals surface area contributed by atoms with Gasteiger partial charge >= 0.3 is 0 Å². The smallest absolute Gasteiger partial charge is 0.253 e. The van der Waals surface area contributed by atoms with Gasteiger partial charge < -0.3 is 15.4 Å². The standard InChI is InChI=1S/C18H17N5O3S/c24-12-6-5-11(14-15(12)22-16(21-14)13-4-2-8-27-13)18(26)19-7-1-3-10-9-20-23-17(10)25/h2,4-6,8-10,24H,1,3,7H2,(H,19,26)(H,21,22)(H,23,25). The summed E-state index contributed by atoms with van der Waals surface area (Å²) in [5.74, 6) is 0.0421. The molecule has 1 aromatic carbocycles. The molecular formula is C18H17N5O3S. The number of nitrogens with zero attached hydrogens (tertiary/aromatic N) is 2. The van der Waals surface area contributed by atoms with Crippen LogP contribution in [-0.2, 0) is 4.79 Å². The maximum Gasteiger partial charge on any atom is 0.253 e. The van der Waals surface area contributed by atoms with E-state index in [1.54, 1.807) is 12.3 Å². The molecule has 1 atom stereocenters. The van der Waals surface area contributed by atoms with Gasteiger partial charge in [0.05, 0.1) is 16.4 Å². The third kappa shape index (κ3) is 3.41. The van der Waals surface area contributed by atoms with Gasteiger partial charge in [0.15, 0.2) is 0 Å². The van der Waals surface area contributed by atoms with Gasteiger partial charge in [-0.3, -0.25) is 9.59 Å². The van der Waals surface area contributed by atoms with E-state index in [1.807, 2.05) is 17.5 Å². The first kappa shape index (κ1) is 17.2. The fourth-order valence-corrected chi connectivity index (χ4v) is 3.63. The topological polar surface area (TPSA) is 119 Å². The Morgan fingerprint density at radius 1 is 1.33 bits per heavy atom. The lowest BCUT2D eigenvalue weighted by Gasteiger charge is -2.07. The number of aromatic amines is 1. The summed E-state index contributed by atoms with van der Waals surface area (Å²) in [4.78, 5) is 32.5. The van der Waals surface area contributed by atoms with Crippen molar-refractivity contribution < 1.29 is 14.7 Å². The van der Waals surface area contributed by atoms with Crippen LogP contribution in [0.5, 0.6) is 5.75 Å². The van der Waals surface area contributed by atoms with Crippen molar-refractivity contribution in [1.82, 2.24) is 20.7 Å². The Labute approximate surface area is 158 Å². The van der Waals surface area contributed by atoms with E-state index in [4.69, 9.17) is 0 Å². The van der Waals surface area contributed by atoms with Crippen LogP contribution in [0.2, 0.25) is 0 Å². The molecule has 3 heterocycles. The number of H-pyrrole nitrogens is 1. The first-order valence-corrected chi connectivity index (χ1v) is 9.38. The molecule has 3 aromatic rings. The lowest BCUT2D eigenvalue weighted by Crippen LogP contribution is -2.26. The summed E-state index contributed by atoms with van der Waals surface area (Å²) in [6.45, 7) is 0.432. The normalized spacial score (nSPS) is 16.0. The van der Waals surface area contributed by atoms with Crippen LogP contribution in [0.3, 0.4) is 0 Å². The summed E-state index contributed by atoms with van der Waals surface area (Å²) >= 11 is 1.52. The summed E-state index contributed by atoms with van der Waals surface area (Å²) in [6, 6.07) is 6.87. The molecule has 4 N–H and O–H groups in total. The Kier molecular flexibility index (Phi) is 4.59. The van der Waals surface area contributed by atoms with Gasteiger partial charge in [-0.25, -0.2) is 10.4 Å². The van der Waals surface area contributed by atoms with E-state index in [0.717, 1.165) is 4.88 Å². The minimum absolute atomic E-state index is 0.0448. The highest BCUT2D eigenvalue weighted by Gasteiger charge is 2.21. The number of carbonyl (C=O) groups excluding carboxylic acids is 2. The minimum atomic E-state index is -0.270. The zero-order chi connectivity index (χ0) is 18.8. The predicted octanol–water partition coefficient (Wildman–Crippen LogP) is 2.24. The molecule has 0 radical (unpaired) electrons. The second kappa shape index (κ2) is 7.20. The molecule has 0 bridgehead atoms. The molecular weight excluding hydrogens is 366 g/mol. The first-order chi connectivity index (χ1) is 13.1. The average Bonchev–Trinajstić information content (AvgIpc) is 3.39. The first-order valence-electron chi connectivity index (χ1n) is 8.50. The van der Waals surface area contributed by atoms with E-state index < -0.39 is 0 Å². The second-order valence-electron chi connectivity index (χ2n) is 6.18. The number of hydrazone groups is 1. The maximum atomic E-state index is 12.6. The molecule has 27 heavy (non-hydrogen) atoms. The van der Waals surface area contributed by atoms with Crippen molar-refractivity contribution in [2.75, 3.05) is 6.54 Å². The van der Waals surface area contributed by atoms with Crippen LogP contribution in [-0.4, -0.2) is 39.6 Å². The molecule has 0 aliphatic carbocycles. The van der Waals surface area contributed by atoms with Crippen LogP contribution in [0.15, 0.2) is 34.7 Å². The molecule has 4 rings (SSSR count). The van der Waals surface area contributed by atoms with Crippen LogP contribution in [0.1, 0.15) is 23.2 Å². The van der Waals surface area contributed by atoms with Crippen LogP contribution in [0, 0.1) is 5.92 Å². The van der Waals surface area contributed by atoms with Crippen molar-refractivity contribution in [3.63, 3.8) is 0 Å². The SMILES string of the molecule is O=C(NCCCC1C=NNC1=O)c1ccc(O)c2[nH]c(-c3cccs3)nc12. The summed E-state index contributed by atoms with van der Waals surface area (Å²) < 4.78 is 0. The molecule has 8 nitrogen and oxygen atoms in total. The lowest BCUT2D eigenvalue weighted by atomic mass is 10.0. The zero-order valence-corrected chi connectivity index (χ0v) is 15.0. The van der Waals surface area contributed by atoms with Gasteiger partial charge in [0.25, 0.3) is 5.91 Å². The van der Waals surface area contributed by atoms with Gasteiger partial charge in [-0.1, -0.05) is 6.07 Å². The van der Waals surface area contributed by atoms with Crippen LogP contribution < -0.4 is 10.7 Å². The van der Waals surface area contributed by atoms with Gasteiger partial charge in [0, 0.05) is 12.8 Å². The number of hydrogen-bond acceptors (Lipinski definition) is 6. The Morgan fingerprint density at radius 3 is 2.96 bits per heavy atom. The summed E-state index contributed by atoms with van der Waals surface area (Å²) in [5, 5.41) is 18.6. The van der Waals surface area contributed by atoms with E-state index in [-0.39, 0.29) is 23.5 Å². The number of amides is 2. The number of thiophene rings is 1. The Morgan fingerprint density at radius 2 is 2.22 bits per heavy atom. The quantitative estimate of drug-likeness (QED) is 0.488. The van der Waals surface area contributed by atoms with Crippen molar-refractivity contribution >= 4 is 40.4 Å². The Bertz CT molecular complexity index is 1030. The highest BCUT2D eigenvalue weighted by molar-refractivity contribution is 7.13. The number of fused-ring (bicyclic) bond motifs is 1. The molecule has 0 spiro atoms. The number of aromatic nitrogens is 2. The highest BCUT2D eigenvalue weighted by atomic mass is 32.1. The monoisotopic (exact) mass is 383 g/mol. The van der Waals surface area contributed by atoms with Crippen LogP contribution in [0.4, 0.5) is 0 Å². The molecule has 1 unspecified atom stereocenters. The number of phenolic OH excluding ortho intramolecular Hbond substituents is 1. The van der Waals surface area contributed by atoms with Gasteiger partial charge in [0.2, 0.25) is 5.91 Å². The zero-order valence-electron chi connectivity index (χ0n) is 14.2. The molecule has 1 aliphatic heterocycles. The van der Waals surface area contributed by atoms with Crippen LogP contribution in [0.25, 0.3) is 21.7 Å². The largest absolute Gasteiger partial charge is 0.506 e. The van der Waals surface area contributed by atoms with Crippen LogP contribution >= 0.6 is 11.3 Å². The predicted molar refractivity (Wildman–Crippen MR) is 103 cm³/mol. The lowest BCUT2D eigenvalue weighted by molar-refractivity contribution is -0.122. The number of rotatable bonds is 6. The third-order valence-electron chi connectivity index (χ3n) is 4.37. The van der Waals surface area contributed by atoms with E-state index in [1.165, 1.54) is 17.4 Å². The summed E-state index contributed by atoms with van der Waals surface area (Å²) in [5.41, 5.74) is 3.65. The van der Waals surface area contributed by atoms with Gasteiger partial charge in [-0.2, -0.15) is 5.10 Å². The van der Waals surface area contributed by atoms with Gasteiger partial charge in [-0.15, -0.1) is 11.3 Å². The number of imidazole rings is 1. The molecule has 1 aliphatic rings. The third-order valence-corrected chi connectivity index (χ3v) is 5.24. The van der Waals surface area contributed by atoms with Gasteiger partial charge in [-0.05, 0) is 36.4 Å². The average molecular weight is 383 g/mol. The van der Waals surface area contributed by atoms with E-state index >= 15 is 0 Å². The van der Waals surface area contributed by atoms with Gasteiger partial charge in [0.1, 0.15) is 22.6 Å². The van der Waals surface area contributed by atoms with Crippen molar-refractivity contribution in [2.45, 2.75) is 12.8 Å². The summed E-state index contributed by atoms with van der Waals surface area (Å²) in [7, 11) is 0. The van der Waals surface area contributed by atoms with Crippen molar-refractivity contribution in [1.29, 1.82) is 0 Å². The molecule has 9 heteroatoms. The summed E-state index contributed by atoms with van der Waals surface area (Å²) in [6.07, 6.45) is 2.85. The van der Waals surface area contributed by atoms with E-state index in [2.05, 4.69) is 25.8 Å². The number of hydrogen-bond donors (Lipinski definition) is 4. The Balaban J connectivity index is 1.47. The van der Waals surface area contributed by atoms with Crippen molar-refractivity contribution in [2.24, 2.45) is 11.0 Å². The number of nitrogens with one attached hydrogen (secondary N) is 3. The highest BCUT2D eigenvalue weighted by Crippen LogP contribution is 2.30. The fraction of sp³-hybridized carbons (Fsp3) is 0.222. The van der Waals surface area contributed by atoms with Crippen molar-refractivity contribution in [3.05, 3.63) is 35.2 Å². The fourth-order valence-electron chi connectivity index (χ4n) is 2.96. The van der Waals surface area contributed by atoms with Crippen molar-refractivity contribution in [3.8, 4) is 16.5 Å². The maximum absolute atomic E-state index is 12.6.